The highest BCUT2D eigenvalue weighted by molar-refractivity contribution is 9.10. The van der Waals surface area contributed by atoms with Gasteiger partial charge in [0, 0.05) is 14.9 Å². The molecule has 5 heteroatoms. The maximum atomic E-state index is 11.0. The second kappa shape index (κ2) is 5.06. The number of oxazole rings is 1. The zero-order valence-corrected chi connectivity index (χ0v) is 11.8. The molecule has 0 aliphatic heterocycles. The van der Waals surface area contributed by atoms with Gasteiger partial charge in [0.2, 0.25) is 0 Å². The van der Waals surface area contributed by atoms with E-state index < -0.39 is 0 Å². The number of rotatable bonds is 3. The van der Waals surface area contributed by atoms with Crippen LogP contribution in [0.5, 0.6) is 0 Å². The lowest BCUT2D eigenvalue weighted by molar-refractivity contribution is 0.112. The lowest BCUT2D eigenvalue weighted by Crippen LogP contribution is -1.85. The van der Waals surface area contributed by atoms with Crippen molar-refractivity contribution in [3.8, 4) is 0 Å². The number of aromatic nitrogens is 1. The Morgan fingerprint density at radius 3 is 2.76 bits per heavy atom. The van der Waals surface area contributed by atoms with E-state index in [1.807, 2.05) is 26.0 Å². The van der Waals surface area contributed by atoms with Gasteiger partial charge in [-0.15, -0.1) is 0 Å². The van der Waals surface area contributed by atoms with Crippen LogP contribution in [0.3, 0.4) is 0 Å². The number of nitrogens with zero attached hydrogens (tertiary/aromatic N) is 1. The number of hydrogen-bond acceptors (Lipinski definition) is 4. The normalized spacial score (nSPS) is 10.5. The van der Waals surface area contributed by atoms with Gasteiger partial charge in [-0.25, -0.2) is 4.98 Å². The second-order valence-electron chi connectivity index (χ2n) is 3.52. The van der Waals surface area contributed by atoms with E-state index in [4.69, 9.17) is 4.42 Å². The third-order valence-electron chi connectivity index (χ3n) is 2.30. The van der Waals surface area contributed by atoms with Crippen molar-refractivity contribution < 1.29 is 9.21 Å². The highest BCUT2D eigenvalue weighted by Crippen LogP contribution is 2.31. The summed E-state index contributed by atoms with van der Waals surface area (Å²) in [6, 6.07) is 5.53. The number of carbonyl (C=O) groups excluding carboxylic acids is 1. The molecule has 0 saturated carbocycles. The number of benzene rings is 1. The van der Waals surface area contributed by atoms with Crippen molar-refractivity contribution in [2.24, 2.45) is 0 Å². The standard InChI is InChI=1S/C12H10BrNO2S/c1-7-8(2)16-12(14-7)17-11-4-3-10(13)5-9(11)6-15/h3-6H,1-2H3. The first-order valence-electron chi connectivity index (χ1n) is 4.97. The van der Waals surface area contributed by atoms with Gasteiger partial charge >= 0.3 is 0 Å². The summed E-state index contributed by atoms with van der Waals surface area (Å²) in [5.41, 5.74) is 1.50. The largest absolute Gasteiger partial charge is 0.436 e. The molecule has 88 valence electrons. The zero-order valence-electron chi connectivity index (χ0n) is 9.36. The third-order valence-corrected chi connectivity index (χ3v) is 3.74. The molecule has 0 saturated heterocycles. The van der Waals surface area contributed by atoms with Gasteiger partial charge in [0.05, 0.1) is 5.69 Å². The Bertz CT molecular complexity index is 546. The minimum Gasteiger partial charge on any atom is -0.436 e. The molecule has 17 heavy (non-hydrogen) atoms. The SMILES string of the molecule is Cc1nc(Sc2ccc(Br)cc2C=O)oc1C. The Labute approximate surface area is 112 Å². The number of hydrogen-bond donors (Lipinski definition) is 0. The minimum absolute atomic E-state index is 0.561. The Balaban J connectivity index is 2.32. The topological polar surface area (TPSA) is 43.1 Å². The summed E-state index contributed by atoms with van der Waals surface area (Å²) in [6.45, 7) is 3.76. The van der Waals surface area contributed by atoms with Crippen LogP contribution in [0.1, 0.15) is 21.8 Å². The van der Waals surface area contributed by atoms with Crippen molar-refractivity contribution >= 4 is 34.0 Å². The summed E-state index contributed by atoms with van der Waals surface area (Å²) < 4.78 is 6.35. The van der Waals surface area contributed by atoms with E-state index >= 15 is 0 Å². The smallest absolute Gasteiger partial charge is 0.261 e. The molecule has 0 atom stereocenters. The van der Waals surface area contributed by atoms with E-state index in [0.29, 0.717) is 10.8 Å². The molecule has 1 aromatic carbocycles. The van der Waals surface area contributed by atoms with E-state index in [0.717, 1.165) is 27.1 Å². The molecule has 0 aliphatic carbocycles. The Kier molecular flexibility index (Phi) is 3.69. The predicted octanol–water partition coefficient (Wildman–Crippen LogP) is 4.02. The number of halogens is 1. The molecule has 2 aromatic rings. The summed E-state index contributed by atoms with van der Waals surface area (Å²) in [6.07, 6.45) is 0.829. The Hall–Kier alpha value is -1.07. The van der Waals surface area contributed by atoms with Crippen LogP contribution in [-0.4, -0.2) is 11.3 Å². The van der Waals surface area contributed by atoms with Gasteiger partial charge in [-0.05, 0) is 43.8 Å². The van der Waals surface area contributed by atoms with Crippen LogP contribution in [0.4, 0.5) is 0 Å². The highest BCUT2D eigenvalue weighted by Gasteiger charge is 2.10. The number of aryl methyl sites for hydroxylation is 2. The van der Waals surface area contributed by atoms with Crippen molar-refractivity contribution in [1.82, 2.24) is 4.98 Å². The van der Waals surface area contributed by atoms with Gasteiger partial charge in [-0.3, -0.25) is 4.79 Å². The molecule has 1 heterocycles. The molecule has 2 rings (SSSR count). The van der Waals surface area contributed by atoms with Gasteiger partial charge < -0.3 is 4.42 Å². The van der Waals surface area contributed by atoms with Crippen molar-refractivity contribution in [1.29, 1.82) is 0 Å². The minimum atomic E-state index is 0.561. The van der Waals surface area contributed by atoms with Crippen molar-refractivity contribution in [3.05, 3.63) is 39.7 Å². The van der Waals surface area contributed by atoms with Crippen LogP contribution in [0.15, 0.2) is 37.2 Å². The fourth-order valence-electron chi connectivity index (χ4n) is 1.29. The molecule has 0 unspecified atom stereocenters. The molecular formula is C12H10BrNO2S. The van der Waals surface area contributed by atoms with Crippen molar-refractivity contribution in [2.45, 2.75) is 24.0 Å². The zero-order chi connectivity index (χ0) is 12.4. The van der Waals surface area contributed by atoms with Gasteiger partial charge in [-0.2, -0.15) is 0 Å². The van der Waals surface area contributed by atoms with E-state index in [1.165, 1.54) is 11.8 Å². The summed E-state index contributed by atoms with van der Waals surface area (Å²) in [5, 5.41) is 0.561. The van der Waals surface area contributed by atoms with Gasteiger partial charge in [0.15, 0.2) is 6.29 Å². The molecule has 3 nitrogen and oxygen atoms in total. The summed E-state index contributed by atoms with van der Waals surface area (Å²) in [4.78, 5) is 16.1. The summed E-state index contributed by atoms with van der Waals surface area (Å²) >= 11 is 4.68. The third kappa shape index (κ3) is 2.79. The van der Waals surface area contributed by atoms with E-state index in [9.17, 15) is 4.79 Å². The average Bonchev–Trinajstić information content (AvgIpc) is 2.60. The lowest BCUT2D eigenvalue weighted by Gasteiger charge is -2.01. The average molecular weight is 312 g/mol. The fraction of sp³-hybridized carbons (Fsp3) is 0.167. The number of aldehydes is 1. The van der Waals surface area contributed by atoms with Crippen LogP contribution >= 0.6 is 27.7 Å². The first-order valence-corrected chi connectivity index (χ1v) is 6.57. The molecular weight excluding hydrogens is 302 g/mol. The fourth-order valence-corrected chi connectivity index (χ4v) is 2.56. The van der Waals surface area contributed by atoms with E-state index in [-0.39, 0.29) is 0 Å². The lowest BCUT2D eigenvalue weighted by atomic mass is 10.2. The van der Waals surface area contributed by atoms with Gasteiger partial charge in [0.25, 0.3) is 5.22 Å². The molecule has 0 fully saturated rings. The van der Waals surface area contributed by atoms with Crippen LogP contribution in [0.25, 0.3) is 0 Å². The Morgan fingerprint density at radius 1 is 1.41 bits per heavy atom. The monoisotopic (exact) mass is 311 g/mol. The molecule has 0 N–H and O–H groups in total. The van der Waals surface area contributed by atoms with Gasteiger partial charge in [0.1, 0.15) is 5.76 Å². The number of carbonyl (C=O) groups is 1. The van der Waals surface area contributed by atoms with Crippen molar-refractivity contribution in [3.63, 3.8) is 0 Å². The molecule has 0 spiro atoms. The van der Waals surface area contributed by atoms with Crippen molar-refractivity contribution in [2.75, 3.05) is 0 Å². The second-order valence-corrected chi connectivity index (χ2v) is 5.43. The van der Waals surface area contributed by atoms with Crippen LogP contribution in [0, 0.1) is 13.8 Å². The molecule has 1 aromatic heterocycles. The first-order chi connectivity index (χ1) is 8.10. The van der Waals surface area contributed by atoms with E-state index in [1.54, 1.807) is 6.07 Å². The highest BCUT2D eigenvalue weighted by atomic mass is 79.9. The first kappa shape index (κ1) is 12.4. The summed E-state index contributed by atoms with van der Waals surface area (Å²) in [7, 11) is 0. The van der Waals surface area contributed by atoms with Crippen LogP contribution in [0.2, 0.25) is 0 Å². The van der Waals surface area contributed by atoms with E-state index in [2.05, 4.69) is 20.9 Å². The molecule has 0 aliphatic rings. The van der Waals surface area contributed by atoms with Crippen LogP contribution in [-0.2, 0) is 0 Å². The summed E-state index contributed by atoms with van der Waals surface area (Å²) in [5.74, 6) is 0.803. The maximum Gasteiger partial charge on any atom is 0.261 e. The quantitative estimate of drug-likeness (QED) is 0.803. The van der Waals surface area contributed by atoms with Crippen LogP contribution < -0.4 is 0 Å². The molecule has 0 radical (unpaired) electrons. The Morgan fingerprint density at radius 2 is 2.18 bits per heavy atom. The predicted molar refractivity (Wildman–Crippen MR) is 69.6 cm³/mol. The maximum absolute atomic E-state index is 11.0. The van der Waals surface area contributed by atoms with Gasteiger partial charge in [-0.1, -0.05) is 15.9 Å². The molecule has 0 bridgehead atoms. The molecule has 0 amide bonds.